The molecule has 0 radical (unpaired) electrons. The molecule has 0 aliphatic heterocycles. The fourth-order valence-electron chi connectivity index (χ4n) is 0.515. The highest BCUT2D eigenvalue weighted by atomic mass is 16.5. The van der Waals surface area contributed by atoms with Crippen LogP contribution in [0.5, 0.6) is 0 Å². The summed E-state index contributed by atoms with van der Waals surface area (Å²) in [6, 6.07) is 0. The summed E-state index contributed by atoms with van der Waals surface area (Å²) >= 11 is 0. The van der Waals surface area contributed by atoms with Gasteiger partial charge in [-0.05, 0) is 14.1 Å². The fourth-order valence-corrected chi connectivity index (χ4v) is 0.515. The summed E-state index contributed by atoms with van der Waals surface area (Å²) in [6.07, 6.45) is 0.536. The molecule has 5 heteroatoms. The van der Waals surface area contributed by atoms with Crippen molar-refractivity contribution in [2.24, 2.45) is 5.10 Å². The van der Waals surface area contributed by atoms with Crippen LogP contribution < -0.4 is 0 Å². The minimum atomic E-state index is -0.721. The summed E-state index contributed by atoms with van der Waals surface area (Å²) < 4.78 is 4.58. The molecule has 0 spiro atoms. The Morgan fingerprint density at radius 1 is 1.45 bits per heavy atom. The Bertz CT molecular complexity index is 127. The van der Waals surface area contributed by atoms with Gasteiger partial charge in [-0.2, -0.15) is 0 Å². The first-order valence-corrected chi connectivity index (χ1v) is 3.22. The normalized spacial score (nSPS) is 14.0. The summed E-state index contributed by atoms with van der Waals surface area (Å²) in [4.78, 5) is 1.62. The second-order valence-corrected chi connectivity index (χ2v) is 2.34. The topological polar surface area (TPSA) is 48.3 Å². The molecule has 0 saturated heterocycles. The second-order valence-electron chi connectivity index (χ2n) is 2.34. The second kappa shape index (κ2) is 4.92. The van der Waals surface area contributed by atoms with Gasteiger partial charge in [0.1, 0.15) is 0 Å². The molecule has 1 atom stereocenters. The van der Waals surface area contributed by atoms with Gasteiger partial charge in [-0.1, -0.05) is 0 Å². The van der Waals surface area contributed by atoms with Crippen molar-refractivity contribution in [3.8, 4) is 0 Å². The number of hydrogen-bond acceptors (Lipinski definition) is 5. The van der Waals surface area contributed by atoms with Crippen LogP contribution in [0.25, 0.3) is 0 Å². The first-order valence-electron chi connectivity index (χ1n) is 3.22. The van der Waals surface area contributed by atoms with E-state index in [-0.39, 0.29) is 0 Å². The zero-order valence-corrected chi connectivity index (χ0v) is 7.35. The van der Waals surface area contributed by atoms with Gasteiger partial charge in [0.2, 0.25) is 6.35 Å². The number of nitrogens with zero attached hydrogens (tertiary/aromatic N) is 3. The van der Waals surface area contributed by atoms with Gasteiger partial charge in [0.15, 0.2) is 6.40 Å². The lowest BCUT2D eigenvalue weighted by molar-refractivity contribution is -0.0772. The minimum Gasteiger partial charge on any atom is -0.485 e. The van der Waals surface area contributed by atoms with Gasteiger partial charge in [-0.3, -0.25) is 9.91 Å². The molecule has 0 aliphatic rings. The highest BCUT2D eigenvalue weighted by molar-refractivity contribution is 5.45. The minimum absolute atomic E-state index is 0.721. The van der Waals surface area contributed by atoms with Crippen molar-refractivity contribution >= 4 is 6.40 Å². The van der Waals surface area contributed by atoms with Crippen LogP contribution >= 0.6 is 0 Å². The van der Waals surface area contributed by atoms with Gasteiger partial charge >= 0.3 is 0 Å². The molecule has 1 N–H and O–H groups in total. The quantitative estimate of drug-likeness (QED) is 0.257. The Morgan fingerprint density at radius 2 is 2.00 bits per heavy atom. The zero-order chi connectivity index (χ0) is 8.85. The maximum Gasteiger partial charge on any atom is 0.201 e. The van der Waals surface area contributed by atoms with Crippen LogP contribution in [-0.2, 0) is 4.74 Å². The number of hydrogen-bond donors (Lipinski definition) is 1. The van der Waals surface area contributed by atoms with E-state index in [4.69, 9.17) is 0 Å². The third-order valence-corrected chi connectivity index (χ3v) is 1.13. The summed E-state index contributed by atoms with van der Waals surface area (Å²) in [5, 5.41) is 14.4. The molecule has 66 valence electrons. The average Bonchev–Trinajstić information content (AvgIpc) is 1.98. The first kappa shape index (κ1) is 10.2. The maximum atomic E-state index is 9.30. The standard InChI is InChI=1S/C6H15N3O2/c1-8(2)6(10)9(3)7-5-11-4/h5-6,10H,1-4H3/b7-5+. The molecule has 0 saturated carbocycles. The lowest BCUT2D eigenvalue weighted by Crippen LogP contribution is -2.39. The van der Waals surface area contributed by atoms with Crippen LogP contribution in [0.1, 0.15) is 0 Å². The Morgan fingerprint density at radius 3 is 2.36 bits per heavy atom. The van der Waals surface area contributed by atoms with Crippen LogP contribution in [0.3, 0.4) is 0 Å². The van der Waals surface area contributed by atoms with Gasteiger partial charge in [-0.15, -0.1) is 5.10 Å². The Kier molecular flexibility index (Phi) is 4.56. The lowest BCUT2D eigenvalue weighted by atomic mass is 10.7. The van der Waals surface area contributed by atoms with Gasteiger partial charge in [0, 0.05) is 7.05 Å². The molecule has 0 aromatic heterocycles. The Labute approximate surface area is 66.9 Å². The lowest BCUT2D eigenvalue weighted by Gasteiger charge is -2.25. The number of ether oxygens (including phenoxy) is 1. The first-order chi connectivity index (χ1) is 5.09. The number of aliphatic hydroxyl groups excluding tert-OH is 1. The van der Waals surface area contributed by atoms with Crippen molar-refractivity contribution in [1.82, 2.24) is 9.91 Å². The van der Waals surface area contributed by atoms with E-state index in [9.17, 15) is 5.11 Å². The van der Waals surface area contributed by atoms with Gasteiger partial charge in [0.05, 0.1) is 7.11 Å². The third kappa shape index (κ3) is 3.79. The molecule has 0 amide bonds. The molecular formula is C6H15N3O2. The number of methoxy groups -OCH3 is 1. The molecule has 0 aromatic carbocycles. The van der Waals surface area contributed by atoms with Gasteiger partial charge in [-0.25, -0.2) is 0 Å². The van der Waals surface area contributed by atoms with E-state index < -0.39 is 6.35 Å². The van der Waals surface area contributed by atoms with E-state index >= 15 is 0 Å². The monoisotopic (exact) mass is 161 g/mol. The number of hydrazone groups is 1. The molecule has 0 heterocycles. The van der Waals surface area contributed by atoms with E-state index in [0.717, 1.165) is 0 Å². The summed E-state index contributed by atoms with van der Waals surface area (Å²) in [5.74, 6) is 0. The predicted octanol–water partition coefficient (Wildman–Crippen LogP) is -0.655. The van der Waals surface area contributed by atoms with Crippen molar-refractivity contribution in [1.29, 1.82) is 0 Å². The molecule has 0 rings (SSSR count). The molecule has 11 heavy (non-hydrogen) atoms. The van der Waals surface area contributed by atoms with E-state index in [1.54, 1.807) is 26.0 Å². The van der Waals surface area contributed by atoms with Crippen LogP contribution in [-0.4, -0.2) is 56.0 Å². The summed E-state index contributed by atoms with van der Waals surface area (Å²) in [5.41, 5.74) is 0. The van der Waals surface area contributed by atoms with E-state index in [1.165, 1.54) is 18.5 Å². The molecule has 0 aliphatic carbocycles. The van der Waals surface area contributed by atoms with E-state index in [2.05, 4.69) is 9.84 Å². The van der Waals surface area contributed by atoms with Crippen molar-refractivity contribution in [3.05, 3.63) is 0 Å². The van der Waals surface area contributed by atoms with Crippen molar-refractivity contribution < 1.29 is 9.84 Å². The molecule has 0 aromatic rings. The van der Waals surface area contributed by atoms with Gasteiger partial charge in [0.25, 0.3) is 0 Å². The average molecular weight is 161 g/mol. The highest BCUT2D eigenvalue weighted by Crippen LogP contribution is 1.94. The third-order valence-electron chi connectivity index (χ3n) is 1.13. The summed E-state index contributed by atoms with van der Waals surface area (Å²) in [7, 11) is 6.66. The van der Waals surface area contributed by atoms with Gasteiger partial charge < -0.3 is 9.84 Å². The SMILES string of the molecule is CO/C=N/N(C)C(O)N(C)C. The van der Waals surface area contributed by atoms with Crippen LogP contribution in [0.15, 0.2) is 5.10 Å². The Balaban J connectivity index is 3.81. The zero-order valence-electron chi connectivity index (χ0n) is 7.35. The van der Waals surface area contributed by atoms with Crippen LogP contribution in [0.2, 0.25) is 0 Å². The van der Waals surface area contributed by atoms with Crippen LogP contribution in [0, 0.1) is 0 Å². The molecule has 5 nitrogen and oxygen atoms in total. The van der Waals surface area contributed by atoms with Crippen molar-refractivity contribution in [2.45, 2.75) is 6.35 Å². The van der Waals surface area contributed by atoms with E-state index in [0.29, 0.717) is 0 Å². The molecule has 1 unspecified atom stereocenters. The smallest absolute Gasteiger partial charge is 0.201 e. The Hall–Kier alpha value is -0.810. The predicted molar refractivity (Wildman–Crippen MR) is 43.0 cm³/mol. The number of rotatable bonds is 4. The van der Waals surface area contributed by atoms with Crippen molar-refractivity contribution in [2.75, 3.05) is 28.3 Å². The van der Waals surface area contributed by atoms with Crippen LogP contribution in [0.4, 0.5) is 0 Å². The molecular weight excluding hydrogens is 146 g/mol. The molecule has 0 bridgehead atoms. The summed E-state index contributed by atoms with van der Waals surface area (Å²) in [6.45, 7) is 0. The fraction of sp³-hybridized carbons (Fsp3) is 0.833. The van der Waals surface area contributed by atoms with E-state index in [1.807, 2.05) is 0 Å². The number of aliphatic hydroxyl groups is 1. The maximum absolute atomic E-state index is 9.30. The largest absolute Gasteiger partial charge is 0.485 e. The van der Waals surface area contributed by atoms with Crippen molar-refractivity contribution in [3.63, 3.8) is 0 Å². The molecule has 0 fully saturated rings. The highest BCUT2D eigenvalue weighted by Gasteiger charge is 2.09.